The Morgan fingerprint density at radius 3 is 2.38 bits per heavy atom. The van der Waals surface area contributed by atoms with Crippen molar-refractivity contribution in [2.45, 2.75) is 6.92 Å². The average Bonchev–Trinajstić information content (AvgIpc) is 2.64. The quantitative estimate of drug-likeness (QED) is 0.930. The number of anilines is 2. The van der Waals surface area contributed by atoms with Crippen LogP contribution in [0.2, 0.25) is 0 Å². The second-order valence-electron chi connectivity index (χ2n) is 5.66. The van der Waals surface area contributed by atoms with E-state index >= 15 is 0 Å². The van der Waals surface area contributed by atoms with Crippen LogP contribution in [0.4, 0.5) is 15.9 Å². The van der Waals surface area contributed by atoms with Crippen LogP contribution in [0.3, 0.4) is 0 Å². The van der Waals surface area contributed by atoms with Gasteiger partial charge >= 0.3 is 0 Å². The van der Waals surface area contributed by atoms with Gasteiger partial charge in [0.2, 0.25) is 0 Å². The Balaban J connectivity index is 1.61. The van der Waals surface area contributed by atoms with E-state index in [0.717, 1.165) is 38.5 Å². The molecule has 1 N–H and O–H groups in total. The van der Waals surface area contributed by atoms with Crippen LogP contribution in [-0.2, 0) is 0 Å². The van der Waals surface area contributed by atoms with Crippen LogP contribution in [0.1, 0.15) is 17.4 Å². The van der Waals surface area contributed by atoms with E-state index in [1.807, 2.05) is 6.07 Å². The van der Waals surface area contributed by atoms with Gasteiger partial charge in [-0.2, -0.15) is 0 Å². The summed E-state index contributed by atoms with van der Waals surface area (Å²) in [5.41, 5.74) is 0.748. The topological polar surface area (TPSA) is 61.4 Å². The van der Waals surface area contributed by atoms with Crippen LogP contribution in [0, 0.1) is 5.82 Å². The third-order valence-electron chi connectivity index (χ3n) is 4.13. The minimum atomic E-state index is -0.364. The summed E-state index contributed by atoms with van der Waals surface area (Å²) in [5.74, 6) is 0.0702. The van der Waals surface area contributed by atoms with Gasteiger partial charge in [0, 0.05) is 31.9 Å². The van der Waals surface area contributed by atoms with Crippen LogP contribution >= 0.6 is 0 Å². The molecule has 1 saturated heterocycles. The van der Waals surface area contributed by atoms with E-state index in [0.29, 0.717) is 5.69 Å². The highest BCUT2D eigenvalue weighted by Crippen LogP contribution is 2.14. The molecule has 3 rings (SSSR count). The number of hydrogen-bond donors (Lipinski definition) is 1. The number of carbonyl (C=O) groups is 1. The Morgan fingerprint density at radius 2 is 1.79 bits per heavy atom. The van der Waals surface area contributed by atoms with Crippen LogP contribution in [0.5, 0.6) is 0 Å². The first-order valence-corrected chi connectivity index (χ1v) is 8.03. The molecule has 2 aromatic rings. The summed E-state index contributed by atoms with van der Waals surface area (Å²) in [6.45, 7) is 7.04. The third kappa shape index (κ3) is 3.86. The fourth-order valence-electron chi connectivity index (χ4n) is 2.64. The van der Waals surface area contributed by atoms with Crippen molar-refractivity contribution in [2.24, 2.45) is 0 Å². The van der Waals surface area contributed by atoms with E-state index in [1.54, 1.807) is 6.07 Å². The molecular formula is C17H20FN5O. The number of nitrogens with one attached hydrogen (secondary N) is 1. The fourth-order valence-corrected chi connectivity index (χ4v) is 2.64. The molecule has 0 aliphatic carbocycles. The molecule has 2 heterocycles. The minimum absolute atomic E-state index is 0.232. The maximum Gasteiger partial charge on any atom is 0.276 e. The number of piperazine rings is 1. The largest absolute Gasteiger partial charge is 0.353 e. The number of aromatic nitrogens is 2. The summed E-state index contributed by atoms with van der Waals surface area (Å²) >= 11 is 0. The second-order valence-corrected chi connectivity index (χ2v) is 5.66. The van der Waals surface area contributed by atoms with Gasteiger partial charge in [-0.1, -0.05) is 6.92 Å². The Morgan fingerprint density at radius 1 is 1.08 bits per heavy atom. The lowest BCUT2D eigenvalue weighted by Gasteiger charge is -2.34. The van der Waals surface area contributed by atoms with Crippen molar-refractivity contribution in [1.29, 1.82) is 0 Å². The van der Waals surface area contributed by atoms with Gasteiger partial charge in [-0.3, -0.25) is 4.79 Å². The zero-order valence-electron chi connectivity index (χ0n) is 13.6. The standard InChI is InChI=1S/C17H20FN5O/c1-2-22-9-11-23(12-10-22)16-8-7-15(20-21-16)17(24)19-14-5-3-13(18)4-6-14/h3-8H,2,9-12H2,1H3,(H,19,24). The molecule has 0 unspecified atom stereocenters. The van der Waals surface area contributed by atoms with Crippen LogP contribution in [-0.4, -0.2) is 53.7 Å². The lowest BCUT2D eigenvalue weighted by Crippen LogP contribution is -2.46. The molecule has 1 amide bonds. The van der Waals surface area contributed by atoms with Crippen molar-refractivity contribution in [3.8, 4) is 0 Å². The predicted octanol–water partition coefficient (Wildman–Crippen LogP) is 2.01. The first-order chi connectivity index (χ1) is 11.7. The second kappa shape index (κ2) is 7.35. The molecule has 0 bridgehead atoms. The molecule has 1 aromatic heterocycles. The molecule has 6 nitrogen and oxygen atoms in total. The number of amides is 1. The highest BCUT2D eigenvalue weighted by Gasteiger charge is 2.17. The van der Waals surface area contributed by atoms with Crippen molar-refractivity contribution < 1.29 is 9.18 Å². The lowest BCUT2D eigenvalue weighted by molar-refractivity contribution is 0.102. The van der Waals surface area contributed by atoms with E-state index in [9.17, 15) is 9.18 Å². The Labute approximate surface area is 140 Å². The summed E-state index contributed by atoms with van der Waals surface area (Å²) in [5, 5.41) is 10.9. The first-order valence-electron chi connectivity index (χ1n) is 8.03. The molecule has 1 aliphatic heterocycles. The van der Waals surface area contributed by atoms with Crippen molar-refractivity contribution in [3.05, 3.63) is 47.9 Å². The van der Waals surface area contributed by atoms with Gasteiger partial charge in [0.05, 0.1) is 0 Å². The Bertz CT molecular complexity index is 681. The highest BCUT2D eigenvalue weighted by atomic mass is 19.1. The highest BCUT2D eigenvalue weighted by molar-refractivity contribution is 6.02. The van der Waals surface area contributed by atoms with Gasteiger partial charge in [0.15, 0.2) is 11.5 Å². The molecule has 126 valence electrons. The van der Waals surface area contributed by atoms with Gasteiger partial charge in [0.1, 0.15) is 5.82 Å². The molecule has 24 heavy (non-hydrogen) atoms. The normalized spacial score (nSPS) is 15.3. The van der Waals surface area contributed by atoms with E-state index in [4.69, 9.17) is 0 Å². The number of rotatable bonds is 4. The van der Waals surface area contributed by atoms with Gasteiger partial charge in [-0.15, -0.1) is 10.2 Å². The number of carbonyl (C=O) groups excluding carboxylic acids is 1. The van der Waals surface area contributed by atoms with Crippen molar-refractivity contribution >= 4 is 17.4 Å². The zero-order valence-corrected chi connectivity index (χ0v) is 13.6. The van der Waals surface area contributed by atoms with Crippen molar-refractivity contribution in [3.63, 3.8) is 0 Å². The third-order valence-corrected chi connectivity index (χ3v) is 4.13. The SMILES string of the molecule is CCN1CCN(c2ccc(C(=O)Nc3ccc(F)cc3)nn2)CC1. The number of nitrogens with zero attached hydrogens (tertiary/aromatic N) is 4. The van der Waals surface area contributed by atoms with Gasteiger partial charge in [0.25, 0.3) is 5.91 Å². The molecule has 1 aromatic carbocycles. The molecule has 0 radical (unpaired) electrons. The smallest absolute Gasteiger partial charge is 0.276 e. The summed E-state index contributed by atoms with van der Waals surface area (Å²) in [4.78, 5) is 16.7. The average molecular weight is 329 g/mol. The maximum atomic E-state index is 12.9. The van der Waals surface area contributed by atoms with Crippen LogP contribution < -0.4 is 10.2 Å². The maximum absolute atomic E-state index is 12.9. The Hall–Kier alpha value is -2.54. The number of likely N-dealkylation sites (N-methyl/N-ethyl adjacent to an activating group) is 1. The predicted molar refractivity (Wildman–Crippen MR) is 90.7 cm³/mol. The van der Waals surface area contributed by atoms with Crippen LogP contribution in [0.15, 0.2) is 36.4 Å². The molecule has 1 fully saturated rings. The monoisotopic (exact) mass is 329 g/mol. The van der Waals surface area contributed by atoms with Gasteiger partial charge in [-0.05, 0) is 42.9 Å². The summed E-state index contributed by atoms with van der Waals surface area (Å²) in [7, 11) is 0. The molecule has 1 aliphatic rings. The van der Waals surface area contributed by atoms with Crippen molar-refractivity contribution in [2.75, 3.05) is 42.9 Å². The van der Waals surface area contributed by atoms with Gasteiger partial charge < -0.3 is 15.1 Å². The van der Waals surface area contributed by atoms with E-state index in [2.05, 4.69) is 32.2 Å². The zero-order chi connectivity index (χ0) is 16.9. The molecule has 7 heteroatoms. The van der Waals surface area contributed by atoms with Gasteiger partial charge in [-0.25, -0.2) is 4.39 Å². The number of halogens is 1. The van der Waals surface area contributed by atoms with E-state index in [1.165, 1.54) is 24.3 Å². The van der Waals surface area contributed by atoms with Crippen LogP contribution in [0.25, 0.3) is 0 Å². The van der Waals surface area contributed by atoms with E-state index < -0.39 is 0 Å². The molecule has 0 saturated carbocycles. The van der Waals surface area contributed by atoms with Crippen molar-refractivity contribution in [1.82, 2.24) is 15.1 Å². The molecule has 0 atom stereocenters. The number of benzene rings is 1. The summed E-state index contributed by atoms with van der Waals surface area (Å²) in [6.07, 6.45) is 0. The summed E-state index contributed by atoms with van der Waals surface area (Å²) < 4.78 is 12.9. The molecular weight excluding hydrogens is 309 g/mol. The Kier molecular flexibility index (Phi) is 5.00. The molecule has 0 spiro atoms. The lowest BCUT2D eigenvalue weighted by atomic mass is 10.3. The first kappa shape index (κ1) is 16.3. The fraction of sp³-hybridized carbons (Fsp3) is 0.353. The number of hydrogen-bond acceptors (Lipinski definition) is 5. The minimum Gasteiger partial charge on any atom is -0.353 e. The summed E-state index contributed by atoms with van der Waals surface area (Å²) in [6, 6.07) is 9.06. The van der Waals surface area contributed by atoms with E-state index in [-0.39, 0.29) is 17.4 Å².